The third-order valence-electron chi connectivity index (χ3n) is 4.12. The van der Waals surface area contributed by atoms with Crippen molar-refractivity contribution in [1.29, 1.82) is 0 Å². The molecule has 0 radical (unpaired) electrons. The van der Waals surface area contributed by atoms with Crippen LogP contribution in [0, 0.1) is 0 Å². The lowest BCUT2D eigenvalue weighted by Gasteiger charge is -2.18. The summed E-state index contributed by atoms with van der Waals surface area (Å²) in [5.74, 6) is -2.84. The number of thiol groups is 1. The Hall–Kier alpha value is -3.01. The Kier molecular flexibility index (Phi) is 7.44. The number of fused-ring (bicyclic) bond motifs is 1. The summed E-state index contributed by atoms with van der Waals surface area (Å²) in [4.78, 5) is 51.4. The van der Waals surface area contributed by atoms with Gasteiger partial charge in [0.2, 0.25) is 17.7 Å². The second kappa shape index (κ2) is 9.79. The minimum absolute atomic E-state index is 0.0111. The van der Waals surface area contributed by atoms with Crippen molar-refractivity contribution >= 4 is 52.9 Å². The summed E-state index contributed by atoms with van der Waals surface area (Å²) in [7, 11) is 1.64. The normalized spacial score (nSPS) is 11.6. The second-order valence-corrected chi connectivity index (χ2v) is 6.41. The molecule has 10 heteroatoms. The molecule has 4 N–H and O–H groups in total. The zero-order valence-electron chi connectivity index (χ0n) is 15.3. The van der Waals surface area contributed by atoms with Gasteiger partial charge in [0.05, 0.1) is 17.9 Å². The zero-order valence-corrected chi connectivity index (χ0v) is 16.2. The van der Waals surface area contributed by atoms with Gasteiger partial charge in [-0.3, -0.25) is 19.2 Å². The highest BCUT2D eigenvalue weighted by Gasteiger charge is 2.23. The SMILES string of the molecule is CN(C(=O)CCNC(=O)C(CC(=O)O)NC(=O)CS)c1c[nH]c2ccccc12. The lowest BCUT2D eigenvalue weighted by Crippen LogP contribution is -2.48. The number of H-pyrrole nitrogens is 1. The lowest BCUT2D eigenvalue weighted by molar-refractivity contribution is -0.140. The van der Waals surface area contributed by atoms with Gasteiger partial charge >= 0.3 is 5.97 Å². The Morgan fingerprint density at radius 1 is 1.25 bits per heavy atom. The minimum atomic E-state index is -1.23. The van der Waals surface area contributed by atoms with E-state index in [2.05, 4.69) is 28.2 Å². The lowest BCUT2D eigenvalue weighted by atomic mass is 10.2. The van der Waals surface area contributed by atoms with E-state index in [9.17, 15) is 19.2 Å². The van der Waals surface area contributed by atoms with Crippen molar-refractivity contribution in [2.45, 2.75) is 18.9 Å². The maximum Gasteiger partial charge on any atom is 0.305 e. The van der Waals surface area contributed by atoms with Crippen LogP contribution in [0.3, 0.4) is 0 Å². The maximum absolute atomic E-state index is 12.4. The number of aromatic amines is 1. The summed E-state index contributed by atoms with van der Waals surface area (Å²) in [6, 6.07) is 6.34. The van der Waals surface area contributed by atoms with Crippen LogP contribution in [0.25, 0.3) is 10.9 Å². The number of carboxylic acid groups (broad SMARTS) is 1. The molecule has 150 valence electrons. The van der Waals surface area contributed by atoms with Crippen LogP contribution in [-0.2, 0) is 19.2 Å². The van der Waals surface area contributed by atoms with Crippen molar-refractivity contribution < 1.29 is 24.3 Å². The first-order chi connectivity index (χ1) is 13.3. The summed E-state index contributed by atoms with van der Waals surface area (Å²) in [5, 5.41) is 14.6. The van der Waals surface area contributed by atoms with E-state index in [0.717, 1.165) is 16.6 Å². The molecule has 0 aliphatic heterocycles. The fourth-order valence-corrected chi connectivity index (χ4v) is 2.77. The fourth-order valence-electron chi connectivity index (χ4n) is 2.68. The first-order valence-corrected chi connectivity index (χ1v) is 9.19. The quantitative estimate of drug-likeness (QED) is 0.388. The molecule has 0 saturated carbocycles. The highest BCUT2D eigenvalue weighted by Crippen LogP contribution is 2.25. The van der Waals surface area contributed by atoms with Crippen LogP contribution in [0.15, 0.2) is 30.5 Å². The molecule has 0 bridgehead atoms. The van der Waals surface area contributed by atoms with E-state index in [1.54, 1.807) is 13.2 Å². The molecular weight excluding hydrogens is 384 g/mol. The van der Waals surface area contributed by atoms with Gasteiger partial charge in [-0.05, 0) is 6.07 Å². The van der Waals surface area contributed by atoms with Crippen LogP contribution in [0.2, 0.25) is 0 Å². The Bertz CT molecular complexity index is 882. The van der Waals surface area contributed by atoms with E-state index in [1.165, 1.54) is 4.90 Å². The van der Waals surface area contributed by atoms with Crippen LogP contribution < -0.4 is 15.5 Å². The molecular formula is C18H22N4O5S. The second-order valence-electron chi connectivity index (χ2n) is 6.09. The van der Waals surface area contributed by atoms with Crippen LogP contribution >= 0.6 is 12.6 Å². The average Bonchev–Trinajstić information content (AvgIpc) is 3.10. The number of amides is 3. The molecule has 0 saturated heterocycles. The van der Waals surface area contributed by atoms with Gasteiger partial charge in [-0.2, -0.15) is 12.6 Å². The van der Waals surface area contributed by atoms with Gasteiger partial charge in [0.15, 0.2) is 0 Å². The van der Waals surface area contributed by atoms with E-state index >= 15 is 0 Å². The summed E-state index contributed by atoms with van der Waals surface area (Å²) in [5.41, 5.74) is 1.62. The number of aromatic nitrogens is 1. The molecule has 1 aromatic carbocycles. The summed E-state index contributed by atoms with van der Waals surface area (Å²) < 4.78 is 0. The molecule has 1 unspecified atom stereocenters. The fraction of sp³-hybridized carbons (Fsp3) is 0.333. The monoisotopic (exact) mass is 406 g/mol. The van der Waals surface area contributed by atoms with Crippen molar-refractivity contribution in [3.8, 4) is 0 Å². The largest absolute Gasteiger partial charge is 0.481 e. The summed E-state index contributed by atoms with van der Waals surface area (Å²) in [6.45, 7) is 0.0111. The Labute approximate surface area is 166 Å². The highest BCUT2D eigenvalue weighted by atomic mass is 32.1. The van der Waals surface area contributed by atoms with Crippen molar-refractivity contribution in [3.63, 3.8) is 0 Å². The Balaban J connectivity index is 1.91. The van der Waals surface area contributed by atoms with Gasteiger partial charge in [-0.1, -0.05) is 18.2 Å². The topological polar surface area (TPSA) is 132 Å². The number of nitrogens with one attached hydrogen (secondary N) is 3. The Morgan fingerprint density at radius 2 is 1.96 bits per heavy atom. The van der Waals surface area contributed by atoms with Crippen LogP contribution in [-0.4, -0.2) is 59.2 Å². The third-order valence-corrected chi connectivity index (χ3v) is 4.40. The first-order valence-electron chi connectivity index (χ1n) is 8.56. The standard InChI is InChI=1S/C18H22N4O5S/c1-22(14-9-20-12-5-3-2-4-11(12)14)16(24)6-7-19-18(27)13(8-17(25)26)21-15(23)10-28/h2-5,9,13,20,28H,6-8,10H2,1H3,(H,19,27)(H,21,23)(H,25,26). The van der Waals surface area contributed by atoms with Crippen LogP contribution in [0.4, 0.5) is 5.69 Å². The number of nitrogens with zero attached hydrogens (tertiary/aromatic N) is 1. The molecule has 1 atom stereocenters. The van der Waals surface area contributed by atoms with Gasteiger partial charge in [0.1, 0.15) is 6.04 Å². The van der Waals surface area contributed by atoms with Crippen molar-refractivity contribution in [1.82, 2.24) is 15.6 Å². The number of hydrogen-bond acceptors (Lipinski definition) is 5. The molecule has 1 heterocycles. The number of carbonyl (C=O) groups is 4. The van der Waals surface area contributed by atoms with Gasteiger partial charge < -0.3 is 25.6 Å². The van der Waals surface area contributed by atoms with E-state index in [4.69, 9.17) is 5.11 Å². The number of hydrogen-bond donors (Lipinski definition) is 5. The van der Waals surface area contributed by atoms with Crippen molar-refractivity contribution in [2.75, 3.05) is 24.2 Å². The molecule has 3 amide bonds. The van der Waals surface area contributed by atoms with Gasteiger partial charge in [-0.25, -0.2) is 0 Å². The van der Waals surface area contributed by atoms with Gasteiger partial charge in [-0.15, -0.1) is 0 Å². The third kappa shape index (κ3) is 5.49. The molecule has 28 heavy (non-hydrogen) atoms. The first kappa shape index (κ1) is 21.3. The van der Waals surface area contributed by atoms with Crippen molar-refractivity contribution in [3.05, 3.63) is 30.5 Å². The van der Waals surface area contributed by atoms with E-state index in [1.807, 2.05) is 24.3 Å². The number of aliphatic carboxylic acids is 1. The summed E-state index contributed by atoms with van der Waals surface area (Å²) >= 11 is 3.78. The minimum Gasteiger partial charge on any atom is -0.481 e. The van der Waals surface area contributed by atoms with Crippen molar-refractivity contribution in [2.24, 2.45) is 0 Å². The van der Waals surface area contributed by atoms with Crippen LogP contribution in [0.5, 0.6) is 0 Å². The number of rotatable bonds is 9. The number of carbonyl (C=O) groups excluding carboxylic acids is 3. The van der Waals surface area contributed by atoms with E-state index < -0.39 is 30.2 Å². The molecule has 2 rings (SSSR count). The molecule has 0 fully saturated rings. The smallest absolute Gasteiger partial charge is 0.305 e. The number of carboxylic acids is 1. The van der Waals surface area contributed by atoms with E-state index in [0.29, 0.717) is 0 Å². The molecule has 9 nitrogen and oxygen atoms in total. The molecule has 2 aromatic rings. The predicted octanol–water partition coefficient (Wildman–Crippen LogP) is 0.526. The number of benzene rings is 1. The summed E-state index contributed by atoms with van der Waals surface area (Å²) in [6.07, 6.45) is 1.19. The maximum atomic E-state index is 12.4. The van der Waals surface area contributed by atoms with Crippen LogP contribution in [0.1, 0.15) is 12.8 Å². The number of para-hydroxylation sites is 1. The van der Waals surface area contributed by atoms with Gasteiger partial charge in [0.25, 0.3) is 0 Å². The van der Waals surface area contributed by atoms with Gasteiger partial charge in [0, 0.05) is 37.1 Å². The highest BCUT2D eigenvalue weighted by molar-refractivity contribution is 7.81. The molecule has 0 spiro atoms. The van der Waals surface area contributed by atoms with E-state index in [-0.39, 0.29) is 24.6 Å². The molecule has 0 aliphatic rings. The average molecular weight is 406 g/mol. The number of anilines is 1. The Morgan fingerprint density at radius 3 is 2.64 bits per heavy atom. The molecule has 1 aromatic heterocycles. The molecule has 0 aliphatic carbocycles. The predicted molar refractivity (Wildman–Crippen MR) is 107 cm³/mol. The zero-order chi connectivity index (χ0) is 20.7.